The molecule has 3 rings (SSSR count). The van der Waals surface area contributed by atoms with Crippen LogP contribution in [0.15, 0.2) is 53.4 Å². The van der Waals surface area contributed by atoms with E-state index in [1.807, 2.05) is 6.07 Å². The molecule has 2 aromatic rings. The molecule has 4 N–H and O–H groups in total. The minimum atomic E-state index is -3.58. The van der Waals surface area contributed by atoms with Crippen molar-refractivity contribution in [1.82, 2.24) is 4.72 Å². The van der Waals surface area contributed by atoms with E-state index < -0.39 is 22.0 Å². The monoisotopic (exact) mass is 374 g/mol. The molecule has 6 nitrogen and oxygen atoms in total. The molecule has 1 amide bonds. The molecule has 0 fully saturated rings. The van der Waals surface area contributed by atoms with Crippen LogP contribution < -0.4 is 10.5 Å². The van der Waals surface area contributed by atoms with Gasteiger partial charge in [0.25, 0.3) is 5.91 Å². The average Bonchev–Trinajstić information content (AvgIpc) is 2.66. The lowest BCUT2D eigenvalue weighted by Gasteiger charge is -2.28. The second kappa shape index (κ2) is 7.57. The fourth-order valence-electron chi connectivity index (χ4n) is 3.49. The van der Waals surface area contributed by atoms with E-state index in [0.717, 1.165) is 30.4 Å². The lowest BCUT2D eigenvalue weighted by molar-refractivity contribution is -0.126. The number of sulfonamides is 1. The number of amides is 1. The van der Waals surface area contributed by atoms with Crippen molar-refractivity contribution in [2.24, 2.45) is 5.73 Å². The number of fused-ring (bicyclic) bond motifs is 1. The van der Waals surface area contributed by atoms with Crippen LogP contribution in [0.4, 0.5) is 0 Å². The Labute approximate surface area is 153 Å². The van der Waals surface area contributed by atoms with Crippen LogP contribution in [0.5, 0.6) is 0 Å². The molecule has 2 aromatic carbocycles. The summed E-state index contributed by atoms with van der Waals surface area (Å²) in [6.45, 7) is 0.264. The summed E-state index contributed by atoms with van der Waals surface area (Å²) >= 11 is 0. The zero-order valence-electron chi connectivity index (χ0n) is 14.3. The van der Waals surface area contributed by atoms with Crippen LogP contribution in [0.2, 0.25) is 0 Å². The smallest absolute Gasteiger partial charge is 0.250 e. The van der Waals surface area contributed by atoms with E-state index in [-0.39, 0.29) is 17.4 Å². The van der Waals surface area contributed by atoms with Gasteiger partial charge in [-0.25, -0.2) is 13.1 Å². The van der Waals surface area contributed by atoms with Gasteiger partial charge in [0, 0.05) is 6.54 Å². The van der Waals surface area contributed by atoms with Gasteiger partial charge in [0.2, 0.25) is 10.0 Å². The summed E-state index contributed by atoms with van der Waals surface area (Å²) < 4.78 is 27.6. The van der Waals surface area contributed by atoms with E-state index in [0.29, 0.717) is 5.56 Å². The molecule has 0 heterocycles. The van der Waals surface area contributed by atoms with Gasteiger partial charge in [-0.05, 0) is 54.0 Å². The highest BCUT2D eigenvalue weighted by Gasteiger charge is 2.27. The molecule has 0 saturated carbocycles. The maximum absolute atomic E-state index is 12.4. The van der Waals surface area contributed by atoms with E-state index in [2.05, 4.69) is 4.72 Å². The molecule has 0 spiro atoms. The minimum absolute atomic E-state index is 0.0164. The summed E-state index contributed by atoms with van der Waals surface area (Å²) in [6, 6.07) is 13.6. The quantitative estimate of drug-likeness (QED) is 0.713. The predicted octanol–water partition coefficient (Wildman–Crippen LogP) is 1.60. The normalized spacial score (nSPS) is 18.1. The molecule has 0 aromatic heterocycles. The Kier molecular flexibility index (Phi) is 5.41. The fraction of sp³-hybridized carbons (Fsp3) is 0.316. The summed E-state index contributed by atoms with van der Waals surface area (Å²) in [6.07, 6.45) is 1.08. The van der Waals surface area contributed by atoms with Gasteiger partial charge in [-0.2, -0.15) is 0 Å². The summed E-state index contributed by atoms with van der Waals surface area (Å²) in [5, 5.41) is 10.1. The fourth-order valence-corrected chi connectivity index (χ4v) is 4.59. The Morgan fingerprint density at radius 1 is 1.19 bits per heavy atom. The van der Waals surface area contributed by atoms with Crippen LogP contribution in [0, 0.1) is 0 Å². The molecular formula is C19H22N2O4S. The zero-order valence-corrected chi connectivity index (χ0v) is 15.1. The van der Waals surface area contributed by atoms with Gasteiger partial charge in [-0.1, -0.05) is 36.4 Å². The van der Waals surface area contributed by atoms with Crippen molar-refractivity contribution in [2.75, 3.05) is 6.54 Å². The number of rotatable bonds is 6. The molecule has 0 aliphatic heterocycles. The molecule has 0 bridgehead atoms. The van der Waals surface area contributed by atoms with E-state index in [1.165, 1.54) is 0 Å². The lowest BCUT2D eigenvalue weighted by atomic mass is 9.80. The number of nitrogens with two attached hydrogens (primary N) is 1. The third-order valence-corrected chi connectivity index (χ3v) is 6.24. The average molecular weight is 374 g/mol. The van der Waals surface area contributed by atoms with Crippen LogP contribution in [0.25, 0.3) is 0 Å². The molecule has 26 heavy (non-hydrogen) atoms. The second-order valence-corrected chi connectivity index (χ2v) is 8.24. The third-order valence-electron chi connectivity index (χ3n) is 4.81. The van der Waals surface area contributed by atoms with Gasteiger partial charge >= 0.3 is 0 Å². The van der Waals surface area contributed by atoms with Gasteiger partial charge in [-0.15, -0.1) is 0 Å². The van der Waals surface area contributed by atoms with Gasteiger partial charge < -0.3 is 10.8 Å². The summed E-state index contributed by atoms with van der Waals surface area (Å²) in [4.78, 5) is 11.6. The first-order valence-electron chi connectivity index (χ1n) is 8.54. The lowest BCUT2D eigenvalue weighted by Crippen LogP contribution is -2.31. The van der Waals surface area contributed by atoms with E-state index >= 15 is 0 Å². The van der Waals surface area contributed by atoms with E-state index in [9.17, 15) is 18.3 Å². The largest absolute Gasteiger partial charge is 0.378 e. The Morgan fingerprint density at radius 2 is 1.92 bits per heavy atom. The molecule has 2 atom stereocenters. The number of hydrogen-bond donors (Lipinski definition) is 3. The van der Waals surface area contributed by atoms with E-state index in [4.69, 9.17) is 5.73 Å². The standard InChI is InChI=1S/C19H22N2O4S/c20-19(23)18(22)17-11-5-9-15-13(6-4-10-16(15)17)12-21-26(24,25)14-7-2-1-3-8-14/h1-3,5,7-9,11,13,18,21-22H,4,6,10,12H2,(H2,20,23). The summed E-state index contributed by atoms with van der Waals surface area (Å²) in [5.41, 5.74) is 7.61. The van der Waals surface area contributed by atoms with Crippen LogP contribution >= 0.6 is 0 Å². The number of benzene rings is 2. The van der Waals surface area contributed by atoms with Crippen molar-refractivity contribution in [2.45, 2.75) is 36.2 Å². The van der Waals surface area contributed by atoms with Crippen molar-refractivity contribution in [3.05, 3.63) is 65.2 Å². The highest BCUT2D eigenvalue weighted by molar-refractivity contribution is 7.89. The number of carbonyl (C=O) groups is 1. The Morgan fingerprint density at radius 3 is 2.62 bits per heavy atom. The maximum atomic E-state index is 12.4. The number of nitrogens with one attached hydrogen (secondary N) is 1. The van der Waals surface area contributed by atoms with Crippen molar-refractivity contribution in [1.29, 1.82) is 0 Å². The highest BCUT2D eigenvalue weighted by atomic mass is 32.2. The topological polar surface area (TPSA) is 109 Å². The molecule has 2 unspecified atom stereocenters. The van der Waals surface area contributed by atoms with E-state index in [1.54, 1.807) is 42.5 Å². The molecule has 138 valence electrons. The number of primary amides is 1. The van der Waals surface area contributed by atoms with Gasteiger partial charge in [-0.3, -0.25) is 4.79 Å². The molecule has 1 aliphatic carbocycles. The van der Waals surface area contributed by atoms with Crippen LogP contribution in [0.3, 0.4) is 0 Å². The molecule has 1 aliphatic rings. The second-order valence-electron chi connectivity index (χ2n) is 6.47. The molecule has 7 heteroatoms. The number of aliphatic hydroxyl groups excluding tert-OH is 1. The highest BCUT2D eigenvalue weighted by Crippen LogP contribution is 2.35. The molecule has 0 saturated heterocycles. The maximum Gasteiger partial charge on any atom is 0.250 e. The number of aliphatic hydroxyl groups is 1. The third kappa shape index (κ3) is 3.80. The first kappa shape index (κ1) is 18.6. The Hall–Kier alpha value is -2.22. The predicted molar refractivity (Wildman–Crippen MR) is 97.9 cm³/mol. The number of carbonyl (C=O) groups excluding carboxylic acids is 1. The van der Waals surface area contributed by atoms with Crippen LogP contribution in [-0.4, -0.2) is 26.0 Å². The minimum Gasteiger partial charge on any atom is -0.378 e. The van der Waals surface area contributed by atoms with Crippen molar-refractivity contribution in [3.8, 4) is 0 Å². The SMILES string of the molecule is NC(=O)C(O)c1cccc2c1CCCC2CNS(=O)(=O)c1ccccc1. The zero-order chi connectivity index (χ0) is 18.7. The Balaban J connectivity index is 1.82. The summed E-state index contributed by atoms with van der Waals surface area (Å²) in [7, 11) is -3.58. The Bertz CT molecular complexity index is 897. The van der Waals surface area contributed by atoms with Gasteiger partial charge in [0.05, 0.1) is 4.90 Å². The first-order chi connectivity index (χ1) is 12.4. The van der Waals surface area contributed by atoms with Gasteiger partial charge in [0.1, 0.15) is 0 Å². The molecule has 0 radical (unpaired) electrons. The number of hydrogen-bond acceptors (Lipinski definition) is 4. The van der Waals surface area contributed by atoms with Crippen molar-refractivity contribution < 1.29 is 18.3 Å². The van der Waals surface area contributed by atoms with Crippen LogP contribution in [0.1, 0.15) is 41.6 Å². The summed E-state index contributed by atoms with van der Waals surface area (Å²) in [5.74, 6) is -0.803. The van der Waals surface area contributed by atoms with Crippen molar-refractivity contribution >= 4 is 15.9 Å². The van der Waals surface area contributed by atoms with Gasteiger partial charge in [0.15, 0.2) is 6.10 Å². The van der Waals surface area contributed by atoms with Crippen LogP contribution in [-0.2, 0) is 21.2 Å². The molecular weight excluding hydrogens is 352 g/mol. The van der Waals surface area contributed by atoms with Crippen molar-refractivity contribution in [3.63, 3.8) is 0 Å². The first-order valence-corrected chi connectivity index (χ1v) is 10.0.